The third-order valence-corrected chi connectivity index (χ3v) is 2.44. The van der Waals surface area contributed by atoms with Crippen LogP contribution in [-0.4, -0.2) is 14.8 Å². The summed E-state index contributed by atoms with van der Waals surface area (Å²) in [5.41, 5.74) is 6.65. The highest BCUT2D eigenvalue weighted by Gasteiger charge is 2.06. The Kier molecular flexibility index (Phi) is 3.39. The molecule has 0 amide bonds. The standard InChI is InChI=1S/C12H16N4O/c1-9-4-3-5-10(6-9)17-8-12-14-11(7-13)15-16(12)2/h3-6H,7-8,13H2,1-2H3. The van der Waals surface area contributed by atoms with Crippen molar-refractivity contribution in [2.45, 2.75) is 20.1 Å². The maximum absolute atomic E-state index is 5.65. The number of ether oxygens (including phenoxy) is 1. The molecule has 0 aliphatic rings. The second-order valence-corrected chi connectivity index (χ2v) is 3.88. The van der Waals surface area contributed by atoms with Gasteiger partial charge in [0.05, 0.1) is 6.54 Å². The van der Waals surface area contributed by atoms with E-state index >= 15 is 0 Å². The van der Waals surface area contributed by atoms with E-state index in [4.69, 9.17) is 10.5 Å². The minimum Gasteiger partial charge on any atom is -0.486 e. The molecule has 0 aliphatic carbocycles. The second kappa shape index (κ2) is 4.97. The minimum atomic E-state index is 0.346. The molecule has 0 saturated heterocycles. The van der Waals surface area contributed by atoms with Crippen LogP contribution in [-0.2, 0) is 20.2 Å². The van der Waals surface area contributed by atoms with Gasteiger partial charge in [0.1, 0.15) is 12.4 Å². The highest BCUT2D eigenvalue weighted by atomic mass is 16.5. The van der Waals surface area contributed by atoms with E-state index in [1.165, 1.54) is 5.56 Å². The van der Waals surface area contributed by atoms with Gasteiger partial charge in [0, 0.05) is 7.05 Å². The Morgan fingerprint density at radius 3 is 2.88 bits per heavy atom. The Hall–Kier alpha value is -1.88. The van der Waals surface area contributed by atoms with Crippen LogP contribution in [0.1, 0.15) is 17.2 Å². The molecule has 5 heteroatoms. The fourth-order valence-electron chi connectivity index (χ4n) is 1.54. The molecule has 0 unspecified atom stereocenters. The summed E-state index contributed by atoms with van der Waals surface area (Å²) in [4.78, 5) is 4.27. The van der Waals surface area contributed by atoms with Crippen LogP contribution in [0.25, 0.3) is 0 Å². The normalized spacial score (nSPS) is 10.5. The number of aromatic nitrogens is 3. The van der Waals surface area contributed by atoms with E-state index < -0.39 is 0 Å². The van der Waals surface area contributed by atoms with E-state index in [0.717, 1.165) is 11.6 Å². The lowest BCUT2D eigenvalue weighted by molar-refractivity contribution is 0.289. The quantitative estimate of drug-likeness (QED) is 0.859. The van der Waals surface area contributed by atoms with Crippen LogP contribution in [0.2, 0.25) is 0 Å². The van der Waals surface area contributed by atoms with E-state index in [9.17, 15) is 0 Å². The molecule has 0 fully saturated rings. The number of hydrogen-bond acceptors (Lipinski definition) is 4. The van der Waals surface area contributed by atoms with Crippen molar-refractivity contribution in [1.82, 2.24) is 14.8 Å². The Morgan fingerprint density at radius 1 is 1.41 bits per heavy atom. The first-order valence-electron chi connectivity index (χ1n) is 5.47. The summed E-state index contributed by atoms with van der Waals surface area (Å²) in [6.07, 6.45) is 0. The zero-order chi connectivity index (χ0) is 12.3. The topological polar surface area (TPSA) is 66.0 Å². The molecule has 1 aromatic heterocycles. The smallest absolute Gasteiger partial charge is 0.165 e. The van der Waals surface area contributed by atoms with Crippen molar-refractivity contribution in [3.8, 4) is 5.75 Å². The SMILES string of the molecule is Cc1cccc(OCc2nc(CN)nn2C)c1. The molecule has 1 aromatic carbocycles. The van der Waals surface area contributed by atoms with Gasteiger partial charge in [-0.25, -0.2) is 9.67 Å². The van der Waals surface area contributed by atoms with Gasteiger partial charge in [-0.3, -0.25) is 0 Å². The summed E-state index contributed by atoms with van der Waals surface area (Å²) in [7, 11) is 1.83. The average molecular weight is 232 g/mol. The van der Waals surface area contributed by atoms with Crippen LogP contribution in [0, 0.1) is 6.92 Å². The molecule has 0 aliphatic heterocycles. The van der Waals surface area contributed by atoms with Crippen molar-refractivity contribution < 1.29 is 4.74 Å². The monoisotopic (exact) mass is 232 g/mol. The van der Waals surface area contributed by atoms with E-state index in [0.29, 0.717) is 19.0 Å². The third-order valence-electron chi connectivity index (χ3n) is 2.44. The number of nitrogens with two attached hydrogens (primary N) is 1. The number of rotatable bonds is 4. The maximum Gasteiger partial charge on any atom is 0.165 e. The highest BCUT2D eigenvalue weighted by molar-refractivity contribution is 5.27. The van der Waals surface area contributed by atoms with Gasteiger partial charge in [-0.1, -0.05) is 12.1 Å². The largest absolute Gasteiger partial charge is 0.486 e. The second-order valence-electron chi connectivity index (χ2n) is 3.88. The average Bonchev–Trinajstić information content (AvgIpc) is 2.68. The fraction of sp³-hybridized carbons (Fsp3) is 0.333. The lowest BCUT2D eigenvalue weighted by Crippen LogP contribution is -2.04. The molecular weight excluding hydrogens is 216 g/mol. The summed E-state index contributed by atoms with van der Waals surface area (Å²) >= 11 is 0. The number of aryl methyl sites for hydroxylation is 2. The van der Waals surface area contributed by atoms with Crippen molar-refractivity contribution in [1.29, 1.82) is 0 Å². The predicted molar refractivity (Wildman–Crippen MR) is 64.4 cm³/mol. The molecular formula is C12H16N4O. The van der Waals surface area contributed by atoms with Crippen molar-refractivity contribution in [3.63, 3.8) is 0 Å². The molecule has 5 nitrogen and oxygen atoms in total. The molecule has 1 heterocycles. The summed E-state index contributed by atoms with van der Waals surface area (Å²) in [5.74, 6) is 2.24. The van der Waals surface area contributed by atoms with E-state index in [1.54, 1.807) is 4.68 Å². The van der Waals surface area contributed by atoms with Crippen molar-refractivity contribution in [2.75, 3.05) is 0 Å². The summed E-state index contributed by atoms with van der Waals surface area (Å²) < 4.78 is 7.34. The van der Waals surface area contributed by atoms with Crippen molar-refractivity contribution in [2.24, 2.45) is 12.8 Å². The van der Waals surface area contributed by atoms with Crippen LogP contribution in [0.15, 0.2) is 24.3 Å². The summed E-state index contributed by atoms with van der Waals surface area (Å²) in [6, 6.07) is 7.90. The van der Waals surface area contributed by atoms with Gasteiger partial charge >= 0.3 is 0 Å². The van der Waals surface area contributed by atoms with E-state index in [-0.39, 0.29) is 0 Å². The molecule has 2 N–H and O–H groups in total. The predicted octanol–water partition coefficient (Wildman–Crippen LogP) is 1.16. The number of hydrogen-bond donors (Lipinski definition) is 1. The molecule has 0 spiro atoms. The molecule has 2 rings (SSSR count). The van der Waals surface area contributed by atoms with E-state index in [1.807, 2.05) is 38.2 Å². The Morgan fingerprint density at radius 2 is 2.24 bits per heavy atom. The molecule has 0 bridgehead atoms. The van der Waals surface area contributed by atoms with Crippen LogP contribution in [0.5, 0.6) is 5.75 Å². The van der Waals surface area contributed by atoms with Gasteiger partial charge in [0.25, 0.3) is 0 Å². The summed E-state index contributed by atoms with van der Waals surface area (Å²) in [6.45, 7) is 2.77. The van der Waals surface area contributed by atoms with Gasteiger partial charge in [-0.15, -0.1) is 0 Å². The third kappa shape index (κ3) is 2.82. The van der Waals surface area contributed by atoms with Crippen LogP contribution in [0.4, 0.5) is 0 Å². The first-order chi connectivity index (χ1) is 8.19. The van der Waals surface area contributed by atoms with Gasteiger partial charge in [0.15, 0.2) is 11.6 Å². The zero-order valence-corrected chi connectivity index (χ0v) is 10.1. The van der Waals surface area contributed by atoms with Crippen LogP contribution in [0.3, 0.4) is 0 Å². The van der Waals surface area contributed by atoms with E-state index in [2.05, 4.69) is 10.1 Å². The maximum atomic E-state index is 5.65. The molecule has 2 aromatic rings. The number of benzene rings is 1. The Balaban J connectivity index is 2.04. The Labute approximate surface area is 100 Å². The minimum absolute atomic E-state index is 0.346. The highest BCUT2D eigenvalue weighted by Crippen LogP contribution is 2.13. The molecule has 90 valence electrons. The van der Waals surface area contributed by atoms with Crippen LogP contribution >= 0.6 is 0 Å². The number of nitrogens with zero attached hydrogens (tertiary/aromatic N) is 3. The van der Waals surface area contributed by atoms with Gasteiger partial charge in [-0.05, 0) is 24.6 Å². The molecule has 0 saturated carbocycles. The fourth-order valence-corrected chi connectivity index (χ4v) is 1.54. The molecule has 0 atom stereocenters. The Bertz CT molecular complexity index is 507. The van der Waals surface area contributed by atoms with Crippen molar-refractivity contribution >= 4 is 0 Å². The van der Waals surface area contributed by atoms with Gasteiger partial charge in [-0.2, -0.15) is 5.10 Å². The van der Waals surface area contributed by atoms with Gasteiger partial charge < -0.3 is 10.5 Å². The van der Waals surface area contributed by atoms with Crippen molar-refractivity contribution in [3.05, 3.63) is 41.5 Å². The lowest BCUT2D eigenvalue weighted by atomic mass is 10.2. The first-order valence-corrected chi connectivity index (χ1v) is 5.47. The van der Waals surface area contributed by atoms with Gasteiger partial charge in [0.2, 0.25) is 0 Å². The first kappa shape index (κ1) is 11.6. The summed E-state index contributed by atoms with van der Waals surface area (Å²) in [5, 5.41) is 4.16. The lowest BCUT2D eigenvalue weighted by Gasteiger charge is -2.05. The zero-order valence-electron chi connectivity index (χ0n) is 10.1. The molecule has 0 radical (unpaired) electrons. The molecule has 17 heavy (non-hydrogen) atoms. The van der Waals surface area contributed by atoms with Crippen LogP contribution < -0.4 is 10.5 Å².